The Labute approximate surface area is 145 Å². The smallest absolute Gasteiger partial charge is 0.321 e. The van der Waals surface area contributed by atoms with E-state index in [-0.39, 0.29) is 17.9 Å². The van der Waals surface area contributed by atoms with Gasteiger partial charge in [-0.15, -0.1) is 0 Å². The van der Waals surface area contributed by atoms with Gasteiger partial charge in [0, 0.05) is 24.7 Å². The van der Waals surface area contributed by atoms with Crippen molar-refractivity contribution in [2.75, 3.05) is 18.5 Å². The van der Waals surface area contributed by atoms with Crippen LogP contribution in [0.4, 0.5) is 10.6 Å². The maximum atomic E-state index is 12.4. The highest BCUT2D eigenvalue weighted by molar-refractivity contribution is 5.89. The minimum Gasteiger partial charge on any atom is -0.381 e. The Morgan fingerprint density at radius 1 is 1.28 bits per heavy atom. The van der Waals surface area contributed by atoms with Crippen LogP contribution in [-0.2, 0) is 4.74 Å². The van der Waals surface area contributed by atoms with Gasteiger partial charge >= 0.3 is 6.03 Å². The molecule has 2 amide bonds. The first-order valence-electron chi connectivity index (χ1n) is 8.44. The van der Waals surface area contributed by atoms with Gasteiger partial charge in [0.1, 0.15) is 12.3 Å². The summed E-state index contributed by atoms with van der Waals surface area (Å²) in [6.07, 6.45) is 3.10. The van der Waals surface area contributed by atoms with Gasteiger partial charge in [0.2, 0.25) is 5.89 Å². The summed E-state index contributed by atoms with van der Waals surface area (Å²) < 4.78 is 15.7. The first-order chi connectivity index (χ1) is 12.0. The summed E-state index contributed by atoms with van der Waals surface area (Å²) in [6.45, 7) is 7.09. The lowest BCUT2D eigenvalue weighted by Crippen LogP contribution is -2.38. The number of hydrogen-bond acceptors (Lipinski definition) is 7. The Bertz CT molecular complexity index is 705. The maximum Gasteiger partial charge on any atom is 0.321 e. The molecule has 0 saturated carbocycles. The first-order valence-corrected chi connectivity index (χ1v) is 8.44. The molecule has 3 rings (SSSR count). The topological polar surface area (TPSA) is 115 Å². The predicted octanol–water partition coefficient (Wildman–Crippen LogP) is 2.78. The molecule has 9 nitrogen and oxygen atoms in total. The third kappa shape index (κ3) is 4.16. The summed E-state index contributed by atoms with van der Waals surface area (Å²) in [6, 6.07) is -0.770. The van der Waals surface area contributed by atoms with E-state index in [4.69, 9.17) is 13.8 Å². The van der Waals surface area contributed by atoms with Crippen LogP contribution in [0.5, 0.6) is 0 Å². The van der Waals surface area contributed by atoms with Crippen LogP contribution in [-0.4, -0.2) is 34.5 Å². The van der Waals surface area contributed by atoms with E-state index in [1.165, 1.54) is 6.26 Å². The van der Waals surface area contributed by atoms with E-state index in [1.807, 2.05) is 13.8 Å². The molecule has 0 spiro atoms. The Hall–Kier alpha value is -2.42. The highest BCUT2D eigenvalue weighted by atomic mass is 16.5. The average Bonchev–Trinajstić information content (AvgIpc) is 3.23. The highest BCUT2D eigenvalue weighted by Crippen LogP contribution is 2.30. The number of rotatable bonds is 5. The summed E-state index contributed by atoms with van der Waals surface area (Å²) in [5.74, 6) is 1.75. The molecule has 1 saturated heterocycles. The molecule has 0 radical (unpaired) electrons. The Morgan fingerprint density at radius 2 is 2.04 bits per heavy atom. The quantitative estimate of drug-likeness (QED) is 0.852. The monoisotopic (exact) mass is 349 g/mol. The van der Waals surface area contributed by atoms with E-state index in [0.29, 0.717) is 30.7 Å². The fraction of sp³-hybridized carbons (Fsp3) is 0.625. The molecule has 136 valence electrons. The second-order valence-electron chi connectivity index (χ2n) is 6.52. The van der Waals surface area contributed by atoms with E-state index in [2.05, 4.69) is 25.9 Å². The molecule has 1 aliphatic heterocycles. The second kappa shape index (κ2) is 7.64. The average molecular weight is 349 g/mol. The number of ether oxygens (including phenoxy) is 1. The lowest BCUT2D eigenvalue weighted by molar-refractivity contribution is 0.0506. The van der Waals surface area contributed by atoms with E-state index in [1.54, 1.807) is 6.92 Å². The first kappa shape index (κ1) is 17.4. The molecular weight excluding hydrogens is 326 g/mol. The van der Waals surface area contributed by atoms with Crippen molar-refractivity contribution >= 4 is 11.8 Å². The van der Waals surface area contributed by atoms with Gasteiger partial charge in [0.25, 0.3) is 0 Å². The van der Waals surface area contributed by atoms with Crippen LogP contribution in [0.15, 0.2) is 15.3 Å². The van der Waals surface area contributed by atoms with Gasteiger partial charge in [-0.1, -0.05) is 24.2 Å². The lowest BCUT2D eigenvalue weighted by Gasteiger charge is -2.28. The third-order valence-electron chi connectivity index (χ3n) is 4.24. The summed E-state index contributed by atoms with van der Waals surface area (Å²) >= 11 is 0. The molecule has 2 N–H and O–H groups in total. The van der Waals surface area contributed by atoms with Gasteiger partial charge in [0.05, 0.1) is 0 Å². The largest absolute Gasteiger partial charge is 0.381 e. The number of carbonyl (C=O) groups excluding carboxylic acids is 1. The third-order valence-corrected chi connectivity index (χ3v) is 4.24. The van der Waals surface area contributed by atoms with Gasteiger partial charge in [0.15, 0.2) is 11.6 Å². The Balaban J connectivity index is 1.75. The SMILES string of the molecule is Cc1conc1NC(=O)N[C@H](c1nc(C(C)C)no1)C1CCOCC1. The highest BCUT2D eigenvalue weighted by Gasteiger charge is 2.32. The van der Waals surface area contributed by atoms with Crippen LogP contribution in [0, 0.1) is 12.8 Å². The number of nitrogens with zero attached hydrogens (tertiary/aromatic N) is 3. The summed E-state index contributed by atoms with van der Waals surface area (Å²) in [4.78, 5) is 16.9. The predicted molar refractivity (Wildman–Crippen MR) is 88.1 cm³/mol. The van der Waals surface area contributed by atoms with E-state index in [9.17, 15) is 4.79 Å². The minimum atomic E-state index is -0.391. The number of carbonyl (C=O) groups is 1. The number of aromatic nitrogens is 3. The van der Waals surface area contributed by atoms with Crippen LogP contribution < -0.4 is 10.6 Å². The Kier molecular flexibility index (Phi) is 5.32. The summed E-state index contributed by atoms with van der Waals surface area (Å²) in [5, 5.41) is 13.4. The van der Waals surface area contributed by atoms with Gasteiger partial charge in [-0.25, -0.2) is 4.79 Å². The molecule has 1 fully saturated rings. The van der Waals surface area contributed by atoms with Gasteiger partial charge < -0.3 is 19.1 Å². The molecule has 25 heavy (non-hydrogen) atoms. The zero-order chi connectivity index (χ0) is 17.8. The number of aryl methyl sites for hydroxylation is 1. The molecule has 0 unspecified atom stereocenters. The van der Waals surface area contributed by atoms with Crippen molar-refractivity contribution in [2.45, 2.75) is 45.6 Å². The molecule has 3 heterocycles. The number of anilines is 1. The molecular formula is C16H23N5O4. The van der Waals surface area contributed by atoms with Crippen molar-refractivity contribution in [3.8, 4) is 0 Å². The number of hydrogen-bond donors (Lipinski definition) is 2. The molecule has 9 heteroatoms. The number of amides is 2. The van der Waals surface area contributed by atoms with E-state index < -0.39 is 6.03 Å². The fourth-order valence-electron chi connectivity index (χ4n) is 2.73. The molecule has 1 aliphatic rings. The van der Waals surface area contributed by atoms with E-state index >= 15 is 0 Å². The van der Waals surface area contributed by atoms with Gasteiger partial charge in [-0.05, 0) is 25.7 Å². The Morgan fingerprint density at radius 3 is 2.64 bits per heavy atom. The van der Waals surface area contributed by atoms with Crippen molar-refractivity contribution in [1.82, 2.24) is 20.6 Å². The van der Waals surface area contributed by atoms with Gasteiger partial charge in [-0.3, -0.25) is 5.32 Å². The summed E-state index contributed by atoms with van der Waals surface area (Å²) in [7, 11) is 0. The van der Waals surface area contributed by atoms with Crippen molar-refractivity contribution in [2.24, 2.45) is 5.92 Å². The van der Waals surface area contributed by atoms with Crippen molar-refractivity contribution < 1.29 is 18.6 Å². The molecule has 0 aromatic carbocycles. The zero-order valence-corrected chi connectivity index (χ0v) is 14.6. The number of urea groups is 1. The maximum absolute atomic E-state index is 12.4. The summed E-state index contributed by atoms with van der Waals surface area (Å²) in [5.41, 5.74) is 0.748. The second-order valence-corrected chi connectivity index (χ2v) is 6.52. The van der Waals surface area contributed by atoms with Crippen molar-refractivity contribution in [1.29, 1.82) is 0 Å². The van der Waals surface area contributed by atoms with Crippen LogP contribution in [0.2, 0.25) is 0 Å². The zero-order valence-electron chi connectivity index (χ0n) is 14.6. The minimum absolute atomic E-state index is 0.152. The van der Waals surface area contributed by atoms with Crippen LogP contribution in [0.3, 0.4) is 0 Å². The molecule has 1 atom stereocenters. The van der Waals surface area contributed by atoms with Crippen LogP contribution >= 0.6 is 0 Å². The molecule has 0 aliphatic carbocycles. The van der Waals surface area contributed by atoms with Crippen molar-refractivity contribution in [3.63, 3.8) is 0 Å². The standard InChI is InChI=1S/C16H23N5O4/c1-9(2)13-18-15(25-21-13)12(11-4-6-23-7-5-11)17-16(22)19-14-10(3)8-24-20-14/h8-9,11-12H,4-7H2,1-3H3,(H2,17,19,20,22)/t12-/m0/s1. The number of nitrogens with one attached hydrogen (secondary N) is 2. The van der Waals surface area contributed by atoms with E-state index in [0.717, 1.165) is 18.4 Å². The van der Waals surface area contributed by atoms with Crippen molar-refractivity contribution in [3.05, 3.63) is 23.5 Å². The normalized spacial score (nSPS) is 16.8. The fourth-order valence-corrected chi connectivity index (χ4v) is 2.73. The van der Waals surface area contributed by atoms with Gasteiger partial charge in [-0.2, -0.15) is 4.98 Å². The van der Waals surface area contributed by atoms with Crippen LogP contribution in [0.25, 0.3) is 0 Å². The molecule has 2 aromatic heterocycles. The lowest BCUT2D eigenvalue weighted by atomic mass is 9.91. The molecule has 2 aromatic rings. The molecule has 0 bridgehead atoms. The van der Waals surface area contributed by atoms with Crippen LogP contribution in [0.1, 0.15) is 55.9 Å².